The Hall–Kier alpha value is -1.79. The smallest absolute Gasteiger partial charge is 0.338 e. The van der Waals surface area contributed by atoms with Crippen LogP contribution in [-0.2, 0) is 4.74 Å². The SMILES string of the molecule is CCOC(=O)c1ccc(C#CCCO)cc1. The number of esters is 1. The first-order valence-electron chi connectivity index (χ1n) is 5.15. The molecule has 0 aliphatic carbocycles. The first kappa shape index (κ1) is 12.3. The number of rotatable bonds is 3. The maximum absolute atomic E-state index is 11.3. The van der Waals surface area contributed by atoms with Gasteiger partial charge in [-0.25, -0.2) is 4.79 Å². The van der Waals surface area contributed by atoms with Crippen molar-refractivity contribution in [2.75, 3.05) is 13.2 Å². The number of hydrogen-bond acceptors (Lipinski definition) is 3. The fourth-order valence-corrected chi connectivity index (χ4v) is 1.12. The molecular weight excluding hydrogens is 204 g/mol. The van der Waals surface area contributed by atoms with Crippen molar-refractivity contribution in [2.24, 2.45) is 0 Å². The Balaban J connectivity index is 2.69. The molecular formula is C13H14O3. The van der Waals surface area contributed by atoms with Gasteiger partial charge in [0.1, 0.15) is 0 Å². The molecule has 1 aromatic carbocycles. The first-order valence-corrected chi connectivity index (χ1v) is 5.15. The molecule has 0 aromatic heterocycles. The molecule has 0 amide bonds. The van der Waals surface area contributed by atoms with Crippen molar-refractivity contribution in [3.63, 3.8) is 0 Å². The van der Waals surface area contributed by atoms with Gasteiger partial charge in [-0.3, -0.25) is 0 Å². The summed E-state index contributed by atoms with van der Waals surface area (Å²) in [6.07, 6.45) is 0.458. The van der Waals surface area contributed by atoms with Gasteiger partial charge in [-0.05, 0) is 31.2 Å². The molecule has 0 saturated heterocycles. The highest BCUT2D eigenvalue weighted by Crippen LogP contribution is 2.05. The molecule has 0 fully saturated rings. The van der Waals surface area contributed by atoms with Crippen LogP contribution in [0.1, 0.15) is 29.3 Å². The zero-order chi connectivity index (χ0) is 11.8. The lowest BCUT2D eigenvalue weighted by molar-refractivity contribution is 0.0526. The quantitative estimate of drug-likeness (QED) is 0.619. The van der Waals surface area contributed by atoms with Gasteiger partial charge in [0.15, 0.2) is 0 Å². The summed E-state index contributed by atoms with van der Waals surface area (Å²) in [6.45, 7) is 2.21. The Bertz CT molecular complexity index is 395. The topological polar surface area (TPSA) is 46.5 Å². The van der Waals surface area contributed by atoms with Crippen LogP contribution in [0.25, 0.3) is 0 Å². The lowest BCUT2D eigenvalue weighted by Crippen LogP contribution is -2.04. The molecule has 0 heterocycles. The Morgan fingerprint density at radius 3 is 2.62 bits per heavy atom. The highest BCUT2D eigenvalue weighted by molar-refractivity contribution is 5.89. The maximum Gasteiger partial charge on any atom is 0.338 e. The van der Waals surface area contributed by atoms with E-state index in [1.165, 1.54) is 0 Å². The minimum atomic E-state index is -0.322. The second-order valence-electron chi connectivity index (χ2n) is 3.07. The van der Waals surface area contributed by atoms with Crippen LogP contribution in [-0.4, -0.2) is 24.3 Å². The molecule has 84 valence electrons. The molecule has 0 unspecified atom stereocenters. The van der Waals surface area contributed by atoms with Crippen molar-refractivity contribution in [3.05, 3.63) is 35.4 Å². The highest BCUT2D eigenvalue weighted by atomic mass is 16.5. The number of aliphatic hydroxyl groups excluding tert-OH is 1. The third kappa shape index (κ3) is 3.76. The van der Waals surface area contributed by atoms with Crippen molar-refractivity contribution in [2.45, 2.75) is 13.3 Å². The van der Waals surface area contributed by atoms with Gasteiger partial charge < -0.3 is 9.84 Å². The van der Waals surface area contributed by atoms with Crippen molar-refractivity contribution >= 4 is 5.97 Å². The van der Waals surface area contributed by atoms with Gasteiger partial charge >= 0.3 is 5.97 Å². The maximum atomic E-state index is 11.3. The normalized spacial score (nSPS) is 9.12. The predicted octanol–water partition coefficient (Wildman–Crippen LogP) is 1.60. The molecule has 1 N–H and O–H groups in total. The zero-order valence-corrected chi connectivity index (χ0v) is 9.19. The van der Waals surface area contributed by atoms with Crippen molar-refractivity contribution in [1.29, 1.82) is 0 Å². The number of hydrogen-bond donors (Lipinski definition) is 1. The molecule has 3 heteroatoms. The lowest BCUT2D eigenvalue weighted by atomic mass is 10.1. The average molecular weight is 218 g/mol. The molecule has 0 spiro atoms. The number of benzene rings is 1. The van der Waals surface area contributed by atoms with E-state index >= 15 is 0 Å². The van der Waals surface area contributed by atoms with Gasteiger partial charge in [-0.1, -0.05) is 11.8 Å². The number of carbonyl (C=O) groups excluding carboxylic acids is 1. The summed E-state index contributed by atoms with van der Waals surface area (Å²) in [5.74, 6) is 5.37. The van der Waals surface area contributed by atoms with Gasteiger partial charge in [0.25, 0.3) is 0 Å². The van der Waals surface area contributed by atoms with Gasteiger partial charge in [0.05, 0.1) is 18.8 Å². The highest BCUT2D eigenvalue weighted by Gasteiger charge is 2.04. The standard InChI is InChI=1S/C13H14O3/c1-2-16-13(15)12-8-6-11(7-9-12)5-3-4-10-14/h6-9,14H,2,4,10H2,1H3. The van der Waals surface area contributed by atoms with E-state index in [0.717, 1.165) is 5.56 Å². The third-order valence-corrected chi connectivity index (χ3v) is 1.87. The summed E-state index contributed by atoms with van der Waals surface area (Å²) in [5.41, 5.74) is 1.34. The molecule has 0 aliphatic rings. The number of carbonyl (C=O) groups is 1. The van der Waals surface area contributed by atoms with Crippen LogP contribution in [0.3, 0.4) is 0 Å². The van der Waals surface area contributed by atoms with E-state index in [1.807, 2.05) is 0 Å². The number of ether oxygens (including phenoxy) is 1. The summed E-state index contributed by atoms with van der Waals surface area (Å²) in [6, 6.07) is 6.88. The monoisotopic (exact) mass is 218 g/mol. The van der Waals surface area contributed by atoms with E-state index in [-0.39, 0.29) is 12.6 Å². The van der Waals surface area contributed by atoms with E-state index in [4.69, 9.17) is 9.84 Å². The van der Waals surface area contributed by atoms with Crippen LogP contribution in [0, 0.1) is 11.8 Å². The summed E-state index contributed by atoms with van der Waals surface area (Å²) >= 11 is 0. The molecule has 0 aliphatic heterocycles. The summed E-state index contributed by atoms with van der Waals surface area (Å²) < 4.78 is 4.86. The van der Waals surface area contributed by atoms with Crippen LogP contribution >= 0.6 is 0 Å². The first-order chi connectivity index (χ1) is 7.77. The van der Waals surface area contributed by atoms with Crippen LogP contribution in [0.5, 0.6) is 0 Å². The van der Waals surface area contributed by atoms with Crippen LogP contribution < -0.4 is 0 Å². The molecule has 0 radical (unpaired) electrons. The second-order valence-corrected chi connectivity index (χ2v) is 3.07. The summed E-state index contributed by atoms with van der Waals surface area (Å²) in [5, 5.41) is 8.56. The van der Waals surface area contributed by atoms with Crippen molar-refractivity contribution in [3.8, 4) is 11.8 Å². The van der Waals surface area contributed by atoms with E-state index in [9.17, 15) is 4.79 Å². The van der Waals surface area contributed by atoms with E-state index in [1.54, 1.807) is 31.2 Å². The lowest BCUT2D eigenvalue weighted by Gasteiger charge is -2.00. The van der Waals surface area contributed by atoms with Gasteiger partial charge in [0.2, 0.25) is 0 Å². The van der Waals surface area contributed by atoms with Crippen molar-refractivity contribution in [1.82, 2.24) is 0 Å². The van der Waals surface area contributed by atoms with Crippen molar-refractivity contribution < 1.29 is 14.6 Å². The van der Waals surface area contributed by atoms with Crippen LogP contribution in [0.15, 0.2) is 24.3 Å². The summed E-state index contributed by atoms with van der Waals surface area (Å²) in [4.78, 5) is 11.3. The largest absolute Gasteiger partial charge is 0.462 e. The fourth-order valence-electron chi connectivity index (χ4n) is 1.12. The fraction of sp³-hybridized carbons (Fsp3) is 0.308. The van der Waals surface area contributed by atoms with Gasteiger partial charge in [-0.15, -0.1) is 0 Å². The molecule has 0 bridgehead atoms. The van der Waals surface area contributed by atoms with E-state index in [2.05, 4.69) is 11.8 Å². The van der Waals surface area contributed by atoms with Crippen LogP contribution in [0.2, 0.25) is 0 Å². The molecule has 1 aromatic rings. The molecule has 1 rings (SSSR count). The molecule has 16 heavy (non-hydrogen) atoms. The van der Waals surface area contributed by atoms with Gasteiger partial charge in [-0.2, -0.15) is 0 Å². The Morgan fingerprint density at radius 1 is 1.38 bits per heavy atom. The Kier molecular flexibility index (Phi) is 5.10. The van der Waals surface area contributed by atoms with E-state index < -0.39 is 0 Å². The second kappa shape index (κ2) is 6.65. The predicted molar refractivity (Wildman–Crippen MR) is 61.0 cm³/mol. The minimum absolute atomic E-state index is 0.0634. The van der Waals surface area contributed by atoms with Crippen LogP contribution in [0.4, 0.5) is 0 Å². The average Bonchev–Trinajstić information content (AvgIpc) is 2.30. The zero-order valence-electron chi connectivity index (χ0n) is 9.19. The van der Waals surface area contributed by atoms with Gasteiger partial charge in [0, 0.05) is 12.0 Å². The van der Waals surface area contributed by atoms with E-state index in [0.29, 0.717) is 18.6 Å². The summed E-state index contributed by atoms with van der Waals surface area (Å²) in [7, 11) is 0. The Morgan fingerprint density at radius 2 is 2.06 bits per heavy atom. The third-order valence-electron chi connectivity index (χ3n) is 1.87. The molecule has 3 nitrogen and oxygen atoms in total. The molecule has 0 atom stereocenters. The minimum Gasteiger partial charge on any atom is -0.462 e. The Labute approximate surface area is 95.1 Å². The number of aliphatic hydroxyl groups is 1. The molecule has 0 saturated carbocycles.